The molecule has 1 aromatic rings. The molecule has 0 atom stereocenters. The molecule has 0 aliphatic heterocycles. The molecule has 0 bridgehead atoms. The predicted octanol–water partition coefficient (Wildman–Crippen LogP) is 1.43. The number of alkyl halides is 2. The highest BCUT2D eigenvalue weighted by molar-refractivity contribution is 7.89. The summed E-state index contributed by atoms with van der Waals surface area (Å²) in [7, 11) is -3.94. The zero-order valence-corrected chi connectivity index (χ0v) is 10.3. The lowest BCUT2D eigenvalue weighted by Crippen LogP contribution is -2.29. The lowest BCUT2D eigenvalue weighted by atomic mass is 10.1. The second-order valence-electron chi connectivity index (χ2n) is 3.72. The van der Waals surface area contributed by atoms with Gasteiger partial charge in [-0.15, -0.1) is 0 Å². The van der Waals surface area contributed by atoms with Gasteiger partial charge in [-0.3, -0.25) is 0 Å². The molecule has 1 rings (SSSR count). The van der Waals surface area contributed by atoms with E-state index >= 15 is 0 Å². The first kappa shape index (κ1) is 13.9. The van der Waals surface area contributed by atoms with Crippen molar-refractivity contribution in [3.05, 3.63) is 23.3 Å². The molecular formula is C10H14F2N2O2S. The van der Waals surface area contributed by atoms with Crippen molar-refractivity contribution in [1.29, 1.82) is 0 Å². The summed E-state index contributed by atoms with van der Waals surface area (Å²) >= 11 is 0. The number of hydrogen-bond donors (Lipinski definition) is 2. The van der Waals surface area contributed by atoms with Gasteiger partial charge in [-0.1, -0.05) is 0 Å². The molecular weight excluding hydrogens is 250 g/mol. The Morgan fingerprint density at radius 3 is 2.47 bits per heavy atom. The lowest BCUT2D eigenvalue weighted by molar-refractivity contribution is 0.153. The van der Waals surface area contributed by atoms with E-state index < -0.39 is 23.0 Å². The van der Waals surface area contributed by atoms with E-state index in [0.29, 0.717) is 16.8 Å². The van der Waals surface area contributed by atoms with Crippen LogP contribution in [0.4, 0.5) is 14.5 Å². The average molecular weight is 264 g/mol. The fraction of sp³-hybridized carbons (Fsp3) is 0.400. The van der Waals surface area contributed by atoms with Crippen molar-refractivity contribution < 1.29 is 17.2 Å². The Bertz CT molecular complexity index is 515. The smallest absolute Gasteiger partial charge is 0.251 e. The first-order valence-corrected chi connectivity index (χ1v) is 6.37. The summed E-state index contributed by atoms with van der Waals surface area (Å²) in [4.78, 5) is -0.0596. The van der Waals surface area contributed by atoms with E-state index in [-0.39, 0.29) is 4.90 Å². The largest absolute Gasteiger partial charge is 0.398 e. The van der Waals surface area contributed by atoms with E-state index in [1.807, 2.05) is 4.72 Å². The molecule has 0 heterocycles. The summed E-state index contributed by atoms with van der Waals surface area (Å²) in [6.07, 6.45) is -2.73. The van der Waals surface area contributed by atoms with E-state index in [4.69, 9.17) is 5.73 Å². The quantitative estimate of drug-likeness (QED) is 0.808. The third kappa shape index (κ3) is 3.37. The van der Waals surface area contributed by atoms with Crippen LogP contribution in [0.5, 0.6) is 0 Å². The third-order valence-corrected chi connectivity index (χ3v) is 3.81. The first-order chi connectivity index (χ1) is 7.74. The topological polar surface area (TPSA) is 72.2 Å². The van der Waals surface area contributed by atoms with Gasteiger partial charge in [0.1, 0.15) is 0 Å². The number of benzene rings is 1. The number of anilines is 1. The van der Waals surface area contributed by atoms with Crippen LogP contribution in [0.15, 0.2) is 17.0 Å². The highest BCUT2D eigenvalue weighted by atomic mass is 32.2. The zero-order valence-electron chi connectivity index (χ0n) is 9.50. The fourth-order valence-electron chi connectivity index (χ4n) is 1.38. The van der Waals surface area contributed by atoms with E-state index in [0.717, 1.165) is 0 Å². The first-order valence-electron chi connectivity index (χ1n) is 4.88. The van der Waals surface area contributed by atoms with Crippen molar-refractivity contribution in [2.24, 2.45) is 0 Å². The molecule has 0 spiro atoms. The Morgan fingerprint density at radius 1 is 1.35 bits per heavy atom. The van der Waals surface area contributed by atoms with Crippen molar-refractivity contribution >= 4 is 15.7 Å². The molecule has 0 saturated heterocycles. The minimum Gasteiger partial charge on any atom is -0.398 e. The molecule has 96 valence electrons. The molecule has 0 aliphatic carbocycles. The van der Waals surface area contributed by atoms with Crippen LogP contribution in [0.3, 0.4) is 0 Å². The molecule has 3 N–H and O–H groups in total. The maximum absolute atomic E-state index is 12.0. The average Bonchev–Trinajstić information content (AvgIpc) is 2.20. The van der Waals surface area contributed by atoms with Gasteiger partial charge in [0.15, 0.2) is 0 Å². The van der Waals surface area contributed by atoms with Gasteiger partial charge in [0.2, 0.25) is 10.0 Å². The minimum absolute atomic E-state index is 0.0596. The normalized spacial score (nSPS) is 12.1. The Hall–Kier alpha value is -1.21. The van der Waals surface area contributed by atoms with Gasteiger partial charge in [-0.05, 0) is 37.1 Å². The molecule has 0 fully saturated rings. The number of halogens is 2. The maximum Gasteiger partial charge on any atom is 0.251 e. The summed E-state index contributed by atoms with van der Waals surface area (Å²) in [6.45, 7) is 2.31. The van der Waals surface area contributed by atoms with Crippen LogP contribution < -0.4 is 10.5 Å². The van der Waals surface area contributed by atoms with Crippen molar-refractivity contribution in [2.45, 2.75) is 25.2 Å². The van der Waals surface area contributed by atoms with Crippen LogP contribution >= 0.6 is 0 Å². The summed E-state index contributed by atoms with van der Waals surface area (Å²) in [5.41, 5.74) is 6.97. The molecule has 0 radical (unpaired) electrons. The van der Waals surface area contributed by atoms with Gasteiger partial charge >= 0.3 is 0 Å². The van der Waals surface area contributed by atoms with Crippen molar-refractivity contribution in [3.63, 3.8) is 0 Å². The van der Waals surface area contributed by atoms with Crippen LogP contribution in [-0.4, -0.2) is 21.4 Å². The number of sulfonamides is 1. The van der Waals surface area contributed by atoms with Crippen LogP contribution in [0.2, 0.25) is 0 Å². The number of nitrogens with one attached hydrogen (secondary N) is 1. The number of aryl methyl sites for hydroxylation is 1. The summed E-state index contributed by atoms with van der Waals surface area (Å²) < 4.78 is 49.3. The van der Waals surface area contributed by atoms with Crippen molar-refractivity contribution in [3.8, 4) is 0 Å². The van der Waals surface area contributed by atoms with Gasteiger partial charge in [0, 0.05) is 5.69 Å². The molecule has 0 aliphatic rings. The maximum atomic E-state index is 12.0. The van der Waals surface area contributed by atoms with Gasteiger partial charge < -0.3 is 5.73 Å². The van der Waals surface area contributed by atoms with Crippen molar-refractivity contribution in [1.82, 2.24) is 4.72 Å². The predicted molar refractivity (Wildman–Crippen MR) is 61.5 cm³/mol. The number of hydrogen-bond acceptors (Lipinski definition) is 3. The van der Waals surface area contributed by atoms with Crippen LogP contribution in [0.25, 0.3) is 0 Å². The fourth-order valence-corrected chi connectivity index (χ4v) is 2.74. The Balaban J connectivity index is 3.15. The zero-order chi connectivity index (χ0) is 13.2. The van der Waals surface area contributed by atoms with Gasteiger partial charge in [0.25, 0.3) is 6.43 Å². The second-order valence-corrected chi connectivity index (χ2v) is 5.46. The Kier molecular flexibility index (Phi) is 4.05. The molecule has 17 heavy (non-hydrogen) atoms. The van der Waals surface area contributed by atoms with Gasteiger partial charge in [-0.2, -0.15) is 0 Å². The Labute approximate surface area is 98.9 Å². The van der Waals surface area contributed by atoms with Gasteiger partial charge in [-0.25, -0.2) is 21.9 Å². The molecule has 0 saturated carbocycles. The van der Waals surface area contributed by atoms with E-state index in [9.17, 15) is 17.2 Å². The summed E-state index contributed by atoms with van der Waals surface area (Å²) in [6, 6.07) is 3.03. The monoisotopic (exact) mass is 264 g/mol. The number of nitrogens with two attached hydrogens (primary N) is 1. The van der Waals surface area contributed by atoms with Crippen LogP contribution in [0, 0.1) is 13.8 Å². The Morgan fingerprint density at radius 2 is 1.94 bits per heavy atom. The highest BCUT2D eigenvalue weighted by Gasteiger charge is 2.19. The third-order valence-electron chi connectivity index (χ3n) is 2.26. The second kappa shape index (κ2) is 4.97. The van der Waals surface area contributed by atoms with E-state index in [1.165, 1.54) is 13.0 Å². The number of nitrogen functional groups attached to an aromatic ring is 1. The number of rotatable bonds is 4. The van der Waals surface area contributed by atoms with Crippen molar-refractivity contribution in [2.75, 3.05) is 12.3 Å². The lowest BCUT2D eigenvalue weighted by Gasteiger charge is -2.11. The molecule has 7 heteroatoms. The molecule has 0 aromatic heterocycles. The van der Waals surface area contributed by atoms with Crippen LogP contribution in [0.1, 0.15) is 11.1 Å². The SMILES string of the molecule is Cc1cc(N)c(C)c(S(=O)(=O)NCC(F)F)c1. The molecule has 0 unspecified atom stereocenters. The summed E-state index contributed by atoms with van der Waals surface area (Å²) in [5.74, 6) is 0. The molecule has 0 amide bonds. The minimum atomic E-state index is -3.94. The summed E-state index contributed by atoms with van der Waals surface area (Å²) in [5, 5.41) is 0. The molecule has 4 nitrogen and oxygen atoms in total. The van der Waals surface area contributed by atoms with E-state index in [2.05, 4.69) is 0 Å². The van der Waals surface area contributed by atoms with E-state index in [1.54, 1.807) is 13.0 Å². The molecule has 1 aromatic carbocycles. The standard InChI is InChI=1S/C10H14F2N2O2S/c1-6-3-8(13)7(2)9(4-6)17(15,16)14-5-10(11)12/h3-4,10,14H,5,13H2,1-2H3. The van der Waals surface area contributed by atoms with Crippen LogP contribution in [-0.2, 0) is 10.0 Å². The van der Waals surface area contributed by atoms with Gasteiger partial charge in [0.05, 0.1) is 11.4 Å². The highest BCUT2D eigenvalue weighted by Crippen LogP contribution is 2.22.